The zero-order valence-electron chi connectivity index (χ0n) is 13.9. The number of ketones is 1. The van der Waals surface area contributed by atoms with Crippen LogP contribution >= 0.6 is 0 Å². The van der Waals surface area contributed by atoms with E-state index in [0.717, 1.165) is 0 Å². The van der Waals surface area contributed by atoms with Gasteiger partial charge in [-0.2, -0.15) is 5.26 Å². The molecule has 0 fully saturated rings. The van der Waals surface area contributed by atoms with Crippen LogP contribution in [0.1, 0.15) is 5.56 Å². The quantitative estimate of drug-likeness (QED) is 0.774. The number of aromatic nitrogens is 1. The molecule has 1 aromatic heterocycles. The molecule has 1 N–H and O–H groups in total. The van der Waals surface area contributed by atoms with Gasteiger partial charge in [-0.05, 0) is 29.8 Å². The van der Waals surface area contributed by atoms with E-state index in [1.807, 2.05) is 0 Å². The maximum Gasteiger partial charge on any atom is 0.250 e. The lowest BCUT2D eigenvalue weighted by Gasteiger charge is -2.11. The van der Waals surface area contributed by atoms with Crippen molar-refractivity contribution in [3.63, 3.8) is 0 Å². The maximum atomic E-state index is 12.4. The molecule has 0 bridgehead atoms. The second-order valence-corrected chi connectivity index (χ2v) is 5.10. The molecule has 0 spiro atoms. The van der Waals surface area contributed by atoms with Gasteiger partial charge < -0.3 is 14.8 Å². The number of carbonyl (C=O) groups excluding carboxylic acids is 2. The van der Waals surface area contributed by atoms with Gasteiger partial charge in [-0.15, -0.1) is 0 Å². The number of rotatable bonds is 7. The van der Waals surface area contributed by atoms with Gasteiger partial charge in [0, 0.05) is 12.6 Å². The van der Waals surface area contributed by atoms with E-state index in [-0.39, 0.29) is 12.2 Å². The molecule has 2 rings (SSSR count). The zero-order chi connectivity index (χ0) is 18.2. The first-order chi connectivity index (χ1) is 12.1. The number of nitriles is 1. The second kappa shape index (κ2) is 8.45. The normalized spacial score (nSPS) is 11.1. The van der Waals surface area contributed by atoms with Crippen molar-refractivity contribution < 1.29 is 19.1 Å². The number of hydrogen-bond acceptors (Lipinski definition) is 6. The summed E-state index contributed by atoms with van der Waals surface area (Å²) >= 11 is 0. The van der Waals surface area contributed by atoms with Crippen molar-refractivity contribution >= 4 is 17.5 Å². The van der Waals surface area contributed by atoms with Crippen LogP contribution in [0, 0.1) is 17.2 Å². The molecule has 1 heterocycles. The third-order valence-electron chi connectivity index (χ3n) is 3.46. The van der Waals surface area contributed by atoms with Gasteiger partial charge in [0.05, 0.1) is 20.3 Å². The number of methoxy groups -OCH3 is 2. The molecule has 7 heteroatoms. The minimum absolute atomic E-state index is 0.0752. The van der Waals surface area contributed by atoms with Gasteiger partial charge in [-0.3, -0.25) is 9.59 Å². The predicted molar refractivity (Wildman–Crippen MR) is 90.2 cm³/mol. The minimum atomic E-state index is -1.42. The standard InChI is InChI=1S/C18H17N3O4/c1-24-15-7-6-12(10-16(15)25-2)9-14(22)13(11-19)18(23)21-17-5-3-4-8-20-17/h3-8,10,13H,9H2,1-2H3,(H,20,21,23)/t13-/m0/s1. The van der Waals surface area contributed by atoms with Gasteiger partial charge in [0.2, 0.25) is 0 Å². The molecule has 1 amide bonds. The summed E-state index contributed by atoms with van der Waals surface area (Å²) in [6, 6.07) is 11.7. The van der Waals surface area contributed by atoms with Crippen molar-refractivity contribution in [3.8, 4) is 17.6 Å². The molecule has 0 saturated carbocycles. The largest absolute Gasteiger partial charge is 0.493 e. The highest BCUT2D eigenvalue weighted by atomic mass is 16.5. The molecule has 25 heavy (non-hydrogen) atoms. The number of carbonyl (C=O) groups is 2. The summed E-state index contributed by atoms with van der Waals surface area (Å²) < 4.78 is 10.3. The number of amides is 1. The molecular formula is C18H17N3O4. The van der Waals surface area contributed by atoms with Gasteiger partial charge >= 0.3 is 0 Å². The van der Waals surface area contributed by atoms with Crippen molar-refractivity contribution in [2.75, 3.05) is 19.5 Å². The van der Waals surface area contributed by atoms with Crippen LogP contribution in [0.15, 0.2) is 42.6 Å². The number of nitrogens with zero attached hydrogens (tertiary/aromatic N) is 2. The lowest BCUT2D eigenvalue weighted by Crippen LogP contribution is -2.30. The molecular weight excluding hydrogens is 322 g/mol. The smallest absolute Gasteiger partial charge is 0.250 e. The SMILES string of the molecule is COc1ccc(CC(=O)[C@H](C#N)C(=O)Nc2ccccn2)cc1OC. The van der Waals surface area contributed by atoms with Crippen molar-refractivity contribution in [2.45, 2.75) is 6.42 Å². The van der Waals surface area contributed by atoms with Crippen LogP contribution in [-0.4, -0.2) is 30.9 Å². The summed E-state index contributed by atoms with van der Waals surface area (Å²) in [4.78, 5) is 28.5. The highest BCUT2D eigenvalue weighted by molar-refractivity contribution is 6.09. The molecule has 0 aliphatic heterocycles. The molecule has 0 saturated heterocycles. The molecule has 7 nitrogen and oxygen atoms in total. The Kier molecular flexibility index (Phi) is 6.07. The van der Waals surface area contributed by atoms with Crippen LogP contribution in [0.2, 0.25) is 0 Å². The van der Waals surface area contributed by atoms with Crippen LogP contribution in [0.25, 0.3) is 0 Å². The Morgan fingerprint density at radius 1 is 1.20 bits per heavy atom. The van der Waals surface area contributed by atoms with E-state index in [0.29, 0.717) is 17.1 Å². The Bertz CT molecular complexity index is 800. The van der Waals surface area contributed by atoms with Gasteiger partial charge in [0.1, 0.15) is 5.82 Å². The minimum Gasteiger partial charge on any atom is -0.493 e. The van der Waals surface area contributed by atoms with E-state index >= 15 is 0 Å². The molecule has 0 aliphatic rings. The van der Waals surface area contributed by atoms with E-state index in [4.69, 9.17) is 9.47 Å². The Morgan fingerprint density at radius 3 is 2.56 bits per heavy atom. The number of nitrogens with one attached hydrogen (secondary N) is 1. The monoisotopic (exact) mass is 339 g/mol. The fraction of sp³-hybridized carbons (Fsp3) is 0.222. The van der Waals surface area contributed by atoms with Gasteiger partial charge in [-0.1, -0.05) is 12.1 Å². The first-order valence-electron chi connectivity index (χ1n) is 7.44. The Morgan fingerprint density at radius 2 is 1.96 bits per heavy atom. The van der Waals surface area contributed by atoms with Crippen LogP contribution in [0.4, 0.5) is 5.82 Å². The number of ether oxygens (including phenoxy) is 2. The van der Waals surface area contributed by atoms with E-state index in [2.05, 4.69) is 10.3 Å². The van der Waals surface area contributed by atoms with Crippen molar-refractivity contribution in [1.29, 1.82) is 5.26 Å². The van der Waals surface area contributed by atoms with E-state index in [1.165, 1.54) is 20.4 Å². The zero-order valence-corrected chi connectivity index (χ0v) is 13.9. The maximum absolute atomic E-state index is 12.4. The van der Waals surface area contributed by atoms with E-state index in [9.17, 15) is 14.9 Å². The number of hydrogen-bond donors (Lipinski definition) is 1. The van der Waals surface area contributed by atoms with Gasteiger partial charge in [-0.25, -0.2) is 4.98 Å². The molecule has 2 aromatic rings. The lowest BCUT2D eigenvalue weighted by atomic mass is 9.98. The van der Waals surface area contributed by atoms with Gasteiger partial charge in [0.15, 0.2) is 23.2 Å². The van der Waals surface area contributed by atoms with Crippen LogP contribution < -0.4 is 14.8 Å². The molecule has 1 aromatic carbocycles. The fourth-order valence-corrected chi connectivity index (χ4v) is 2.21. The Labute approximate surface area is 145 Å². The number of Topliss-reactive ketones (excluding diaryl/α,β-unsaturated/α-hetero) is 1. The molecule has 0 aliphatic carbocycles. The second-order valence-electron chi connectivity index (χ2n) is 5.10. The lowest BCUT2D eigenvalue weighted by molar-refractivity contribution is -0.128. The summed E-state index contributed by atoms with van der Waals surface area (Å²) in [5.41, 5.74) is 0.619. The third kappa shape index (κ3) is 4.54. The molecule has 0 radical (unpaired) electrons. The van der Waals surface area contributed by atoms with Crippen LogP contribution in [0.3, 0.4) is 0 Å². The van der Waals surface area contributed by atoms with Gasteiger partial charge in [0.25, 0.3) is 5.91 Å². The number of benzene rings is 1. The van der Waals surface area contributed by atoms with Crippen molar-refractivity contribution in [1.82, 2.24) is 4.98 Å². The topological polar surface area (TPSA) is 101 Å². The summed E-state index contributed by atoms with van der Waals surface area (Å²) in [5, 5.41) is 11.7. The summed E-state index contributed by atoms with van der Waals surface area (Å²) in [6.45, 7) is 0. The summed E-state index contributed by atoms with van der Waals surface area (Å²) in [5.74, 6) is -1.35. The van der Waals surface area contributed by atoms with Crippen LogP contribution in [0.5, 0.6) is 11.5 Å². The van der Waals surface area contributed by atoms with E-state index < -0.39 is 17.6 Å². The molecule has 0 unspecified atom stereocenters. The average molecular weight is 339 g/mol. The van der Waals surface area contributed by atoms with E-state index in [1.54, 1.807) is 42.5 Å². The number of anilines is 1. The van der Waals surface area contributed by atoms with Crippen molar-refractivity contribution in [3.05, 3.63) is 48.2 Å². The van der Waals surface area contributed by atoms with Crippen molar-refractivity contribution in [2.24, 2.45) is 5.92 Å². The number of pyridine rings is 1. The highest BCUT2D eigenvalue weighted by Gasteiger charge is 2.27. The first kappa shape index (κ1) is 17.9. The fourth-order valence-electron chi connectivity index (χ4n) is 2.21. The predicted octanol–water partition coefficient (Wildman–Crippen LogP) is 1.99. The van der Waals surface area contributed by atoms with Crippen LogP contribution in [-0.2, 0) is 16.0 Å². The summed E-state index contributed by atoms with van der Waals surface area (Å²) in [6.07, 6.45) is 1.43. The summed E-state index contributed by atoms with van der Waals surface area (Å²) in [7, 11) is 3.00. The third-order valence-corrected chi connectivity index (χ3v) is 3.46. The first-order valence-corrected chi connectivity index (χ1v) is 7.44. The molecule has 1 atom stereocenters. The Hall–Kier alpha value is -3.40. The Balaban J connectivity index is 2.10. The average Bonchev–Trinajstić information content (AvgIpc) is 2.63. The molecule has 128 valence electrons. The highest BCUT2D eigenvalue weighted by Crippen LogP contribution is 2.28.